The van der Waals surface area contributed by atoms with Crippen LogP contribution in [0.2, 0.25) is 0 Å². The average Bonchev–Trinajstić information content (AvgIpc) is 2.48. The molecule has 0 spiro atoms. The Morgan fingerprint density at radius 2 is 2.19 bits per heavy atom. The predicted octanol–water partition coefficient (Wildman–Crippen LogP) is 3.84. The lowest BCUT2D eigenvalue weighted by Gasteiger charge is -2.12. The van der Waals surface area contributed by atoms with Gasteiger partial charge < -0.3 is 5.32 Å². The third-order valence-electron chi connectivity index (χ3n) is 1.99. The Labute approximate surface area is 105 Å². The van der Waals surface area contributed by atoms with E-state index in [9.17, 15) is 13.2 Å². The molecule has 1 nitrogen and oxygen atoms in total. The van der Waals surface area contributed by atoms with Crippen molar-refractivity contribution in [3.63, 3.8) is 0 Å². The zero-order chi connectivity index (χ0) is 12.2. The van der Waals surface area contributed by atoms with Gasteiger partial charge in [0.1, 0.15) is 0 Å². The highest BCUT2D eigenvalue weighted by Crippen LogP contribution is 2.22. The maximum Gasteiger partial charge on any atom is 0.401 e. The van der Waals surface area contributed by atoms with Crippen LogP contribution in [0.3, 0.4) is 0 Å². The van der Waals surface area contributed by atoms with Gasteiger partial charge >= 0.3 is 6.18 Å². The molecule has 1 N–H and O–H groups in total. The highest BCUT2D eigenvalue weighted by atomic mass is 79.9. The van der Waals surface area contributed by atoms with Crippen LogP contribution in [0.4, 0.5) is 13.2 Å². The summed E-state index contributed by atoms with van der Waals surface area (Å²) in [6.07, 6.45) is -3.31. The van der Waals surface area contributed by atoms with E-state index >= 15 is 0 Å². The fourth-order valence-electron chi connectivity index (χ4n) is 1.34. The maximum absolute atomic E-state index is 11.9. The second-order valence-electron chi connectivity index (χ2n) is 3.79. The number of hydrogen-bond donors (Lipinski definition) is 1. The van der Waals surface area contributed by atoms with Crippen molar-refractivity contribution in [1.82, 2.24) is 5.32 Å². The molecule has 1 unspecified atom stereocenters. The molecule has 0 aliphatic heterocycles. The summed E-state index contributed by atoms with van der Waals surface area (Å²) in [5.41, 5.74) is 0. The van der Waals surface area contributed by atoms with Crippen molar-refractivity contribution in [2.45, 2.75) is 19.5 Å². The molecule has 6 heteroatoms. The zero-order valence-electron chi connectivity index (χ0n) is 8.77. The molecule has 0 aliphatic rings. The van der Waals surface area contributed by atoms with Gasteiger partial charge in [0.15, 0.2) is 0 Å². The quantitative estimate of drug-likeness (QED) is 0.870. The molecule has 92 valence electrons. The Morgan fingerprint density at radius 1 is 1.50 bits per heavy atom. The molecular weight excluding hydrogens is 303 g/mol. The summed E-state index contributed by atoms with van der Waals surface area (Å²) in [4.78, 5) is 1.19. The van der Waals surface area contributed by atoms with E-state index in [0.717, 1.165) is 10.9 Å². The topological polar surface area (TPSA) is 12.0 Å². The number of alkyl halides is 3. The first kappa shape index (κ1) is 14.0. The van der Waals surface area contributed by atoms with E-state index in [0.29, 0.717) is 6.54 Å². The molecular formula is C10H13BrF3NS. The van der Waals surface area contributed by atoms with E-state index in [4.69, 9.17) is 0 Å². The Balaban J connectivity index is 2.23. The Kier molecular flexibility index (Phi) is 5.27. The van der Waals surface area contributed by atoms with Crippen LogP contribution >= 0.6 is 27.3 Å². The van der Waals surface area contributed by atoms with Gasteiger partial charge in [0.05, 0.1) is 6.54 Å². The molecule has 1 heterocycles. The van der Waals surface area contributed by atoms with Crippen molar-refractivity contribution in [1.29, 1.82) is 0 Å². The van der Waals surface area contributed by atoms with Gasteiger partial charge in [0, 0.05) is 14.7 Å². The van der Waals surface area contributed by atoms with Gasteiger partial charge in [-0.1, -0.05) is 6.92 Å². The van der Waals surface area contributed by atoms with Gasteiger partial charge in [-0.05, 0) is 40.9 Å². The van der Waals surface area contributed by atoms with Crippen LogP contribution in [0.15, 0.2) is 15.9 Å². The van der Waals surface area contributed by atoms with Gasteiger partial charge in [-0.15, -0.1) is 11.3 Å². The van der Waals surface area contributed by atoms with Crippen molar-refractivity contribution in [3.05, 3.63) is 20.8 Å². The molecule has 1 aromatic heterocycles. The number of hydrogen-bond acceptors (Lipinski definition) is 2. The molecule has 0 amide bonds. The monoisotopic (exact) mass is 315 g/mol. The van der Waals surface area contributed by atoms with Gasteiger partial charge in [0.25, 0.3) is 0 Å². The third-order valence-corrected chi connectivity index (χ3v) is 3.71. The lowest BCUT2D eigenvalue weighted by molar-refractivity contribution is -0.125. The molecule has 0 fully saturated rings. The molecule has 0 saturated heterocycles. The smallest absolute Gasteiger partial charge is 0.308 e. The molecule has 1 atom stereocenters. The summed E-state index contributed by atoms with van der Waals surface area (Å²) in [6, 6.07) is 2.00. The first-order valence-corrected chi connectivity index (χ1v) is 6.54. The number of nitrogens with one attached hydrogen (secondary N) is 1. The highest BCUT2D eigenvalue weighted by Gasteiger charge is 2.26. The lowest BCUT2D eigenvalue weighted by Crippen LogP contribution is -2.32. The van der Waals surface area contributed by atoms with Crippen molar-refractivity contribution in [2.24, 2.45) is 5.92 Å². The molecule has 16 heavy (non-hydrogen) atoms. The minimum absolute atomic E-state index is 0.202. The van der Waals surface area contributed by atoms with Crippen LogP contribution in [0.25, 0.3) is 0 Å². The summed E-state index contributed by atoms with van der Waals surface area (Å²) in [7, 11) is 0. The standard InChI is InChI=1S/C10H13BrF3NS/c1-7(4-15-6-10(12,13)14)2-9-3-8(11)5-16-9/h3,5,7,15H,2,4,6H2,1H3. The average molecular weight is 316 g/mol. The highest BCUT2D eigenvalue weighted by molar-refractivity contribution is 9.10. The van der Waals surface area contributed by atoms with Gasteiger partial charge in [-0.25, -0.2) is 0 Å². The fourth-order valence-corrected chi connectivity index (χ4v) is 2.95. The second kappa shape index (κ2) is 6.02. The van der Waals surface area contributed by atoms with Crippen LogP contribution in [0, 0.1) is 5.92 Å². The van der Waals surface area contributed by atoms with Crippen LogP contribution in [0.1, 0.15) is 11.8 Å². The molecule has 0 radical (unpaired) electrons. The Bertz CT molecular complexity index is 324. The number of rotatable bonds is 5. The second-order valence-corrected chi connectivity index (χ2v) is 5.70. The summed E-state index contributed by atoms with van der Waals surface area (Å²) in [5, 5.41) is 4.40. The van der Waals surface area contributed by atoms with E-state index in [-0.39, 0.29) is 5.92 Å². The van der Waals surface area contributed by atoms with E-state index in [2.05, 4.69) is 21.2 Å². The van der Waals surface area contributed by atoms with Crippen molar-refractivity contribution in [3.8, 4) is 0 Å². The van der Waals surface area contributed by atoms with E-state index in [1.54, 1.807) is 11.3 Å². The zero-order valence-corrected chi connectivity index (χ0v) is 11.2. The summed E-state index contributed by atoms with van der Waals surface area (Å²) < 4.78 is 36.6. The largest absolute Gasteiger partial charge is 0.401 e. The van der Waals surface area contributed by atoms with Crippen molar-refractivity contribution >= 4 is 27.3 Å². The van der Waals surface area contributed by atoms with E-state index in [1.807, 2.05) is 18.4 Å². The van der Waals surface area contributed by atoms with Crippen LogP contribution in [0.5, 0.6) is 0 Å². The van der Waals surface area contributed by atoms with Crippen LogP contribution in [-0.4, -0.2) is 19.3 Å². The normalized spacial score (nSPS) is 14.1. The molecule has 0 aromatic carbocycles. The first-order valence-electron chi connectivity index (χ1n) is 4.87. The third kappa shape index (κ3) is 5.86. The van der Waals surface area contributed by atoms with Gasteiger partial charge in [0.2, 0.25) is 0 Å². The van der Waals surface area contributed by atoms with Gasteiger partial charge in [-0.2, -0.15) is 13.2 Å². The molecule has 0 bridgehead atoms. The van der Waals surface area contributed by atoms with Crippen molar-refractivity contribution < 1.29 is 13.2 Å². The Morgan fingerprint density at radius 3 is 2.69 bits per heavy atom. The molecule has 1 rings (SSSR count). The summed E-state index contributed by atoms with van der Waals surface area (Å²) in [6.45, 7) is 1.41. The van der Waals surface area contributed by atoms with Crippen LogP contribution in [-0.2, 0) is 6.42 Å². The first-order chi connectivity index (χ1) is 7.37. The van der Waals surface area contributed by atoms with Crippen molar-refractivity contribution in [2.75, 3.05) is 13.1 Å². The Hall–Kier alpha value is -0.0700. The minimum Gasteiger partial charge on any atom is -0.308 e. The van der Waals surface area contributed by atoms with Gasteiger partial charge in [-0.3, -0.25) is 0 Å². The molecule has 0 aliphatic carbocycles. The molecule has 0 saturated carbocycles. The minimum atomic E-state index is -4.12. The molecule has 1 aromatic rings. The lowest BCUT2D eigenvalue weighted by atomic mass is 10.1. The number of halogens is 4. The maximum atomic E-state index is 11.9. The SMILES string of the molecule is CC(CNCC(F)(F)F)Cc1cc(Br)cs1. The fraction of sp³-hybridized carbons (Fsp3) is 0.600. The summed E-state index contributed by atoms with van der Waals surface area (Å²) >= 11 is 4.97. The predicted molar refractivity (Wildman–Crippen MR) is 63.8 cm³/mol. The van der Waals surface area contributed by atoms with E-state index < -0.39 is 12.7 Å². The number of thiophene rings is 1. The summed E-state index contributed by atoms with van der Waals surface area (Å²) in [5.74, 6) is 0.202. The van der Waals surface area contributed by atoms with Crippen LogP contribution < -0.4 is 5.32 Å². The van der Waals surface area contributed by atoms with E-state index in [1.165, 1.54) is 4.88 Å².